The molecule has 3 N–H and O–H groups in total. The third-order valence-corrected chi connectivity index (χ3v) is 4.57. The van der Waals surface area contributed by atoms with Crippen LogP contribution in [0.2, 0.25) is 10.0 Å². The lowest BCUT2D eigenvalue weighted by molar-refractivity contribution is 0.102. The number of amides is 1. The summed E-state index contributed by atoms with van der Waals surface area (Å²) in [6.07, 6.45) is 1.72. The monoisotopic (exact) mass is 389 g/mol. The quantitative estimate of drug-likeness (QED) is 0.600. The highest BCUT2D eigenvalue weighted by Crippen LogP contribution is 2.31. The fourth-order valence-electron chi connectivity index (χ4n) is 2.74. The summed E-state index contributed by atoms with van der Waals surface area (Å²) in [6.45, 7) is 2.37. The third-order valence-electron chi connectivity index (χ3n) is 3.94. The first-order chi connectivity index (χ1) is 12.5. The van der Waals surface area contributed by atoms with Crippen molar-refractivity contribution in [2.24, 2.45) is 0 Å². The van der Waals surface area contributed by atoms with Gasteiger partial charge in [-0.15, -0.1) is 0 Å². The molecule has 0 bridgehead atoms. The molecule has 1 amide bonds. The Labute approximate surface area is 161 Å². The predicted molar refractivity (Wildman–Crippen MR) is 106 cm³/mol. The molecule has 1 heterocycles. The minimum atomic E-state index is -0.402. The maximum atomic E-state index is 12.7. The number of aliphatic hydroxyl groups is 1. The van der Waals surface area contributed by atoms with Crippen LogP contribution in [0.4, 0.5) is 11.4 Å². The Balaban J connectivity index is 2.02. The summed E-state index contributed by atoms with van der Waals surface area (Å²) in [5.41, 5.74) is 3.23. The first-order valence-corrected chi connectivity index (χ1v) is 8.77. The van der Waals surface area contributed by atoms with Crippen LogP contribution >= 0.6 is 23.2 Å². The van der Waals surface area contributed by atoms with E-state index in [4.69, 9.17) is 28.3 Å². The molecule has 5 nitrogen and oxygen atoms in total. The van der Waals surface area contributed by atoms with Gasteiger partial charge in [0.05, 0.1) is 33.4 Å². The Morgan fingerprint density at radius 3 is 2.54 bits per heavy atom. The van der Waals surface area contributed by atoms with Gasteiger partial charge in [-0.1, -0.05) is 41.4 Å². The lowest BCUT2D eigenvalue weighted by atomic mass is 10.1. The number of rotatable bonds is 5. The van der Waals surface area contributed by atoms with E-state index in [1.54, 1.807) is 30.5 Å². The number of aryl methyl sites for hydroxylation is 1. The van der Waals surface area contributed by atoms with Crippen molar-refractivity contribution in [2.75, 3.05) is 23.8 Å². The molecular weight excluding hydrogens is 373 g/mol. The summed E-state index contributed by atoms with van der Waals surface area (Å²) in [6, 6.07) is 10.4. The summed E-state index contributed by atoms with van der Waals surface area (Å²) >= 11 is 12.2. The molecule has 0 aliphatic heterocycles. The van der Waals surface area contributed by atoms with Gasteiger partial charge in [0.15, 0.2) is 0 Å². The van der Waals surface area contributed by atoms with Crippen LogP contribution in [-0.4, -0.2) is 29.1 Å². The van der Waals surface area contributed by atoms with E-state index in [9.17, 15) is 4.79 Å². The summed E-state index contributed by atoms with van der Waals surface area (Å²) in [7, 11) is 0. The van der Waals surface area contributed by atoms with Crippen molar-refractivity contribution in [3.05, 3.63) is 63.8 Å². The van der Waals surface area contributed by atoms with Gasteiger partial charge >= 0.3 is 0 Å². The largest absolute Gasteiger partial charge is 0.395 e. The van der Waals surface area contributed by atoms with Crippen LogP contribution in [0.5, 0.6) is 0 Å². The molecule has 1 aromatic heterocycles. The number of anilines is 2. The molecule has 0 saturated carbocycles. The number of carbonyl (C=O) groups is 1. The van der Waals surface area contributed by atoms with Gasteiger partial charge in [-0.3, -0.25) is 9.78 Å². The normalized spacial score (nSPS) is 10.8. The van der Waals surface area contributed by atoms with Gasteiger partial charge in [0, 0.05) is 23.8 Å². The lowest BCUT2D eigenvalue weighted by Crippen LogP contribution is -2.14. The number of para-hydroxylation sites is 1. The second kappa shape index (κ2) is 7.91. The smallest absolute Gasteiger partial charge is 0.258 e. The van der Waals surface area contributed by atoms with E-state index >= 15 is 0 Å². The van der Waals surface area contributed by atoms with Crippen LogP contribution in [0.3, 0.4) is 0 Å². The van der Waals surface area contributed by atoms with E-state index in [1.165, 1.54) is 0 Å². The maximum absolute atomic E-state index is 12.7. The van der Waals surface area contributed by atoms with Crippen molar-refractivity contribution in [3.63, 3.8) is 0 Å². The molecule has 3 rings (SSSR count). The Morgan fingerprint density at radius 1 is 1.15 bits per heavy atom. The van der Waals surface area contributed by atoms with Gasteiger partial charge in [-0.25, -0.2) is 0 Å². The van der Waals surface area contributed by atoms with Crippen LogP contribution in [-0.2, 0) is 0 Å². The number of hydrogen-bond acceptors (Lipinski definition) is 4. The number of nitrogens with zero attached hydrogens (tertiary/aromatic N) is 1. The van der Waals surface area contributed by atoms with Gasteiger partial charge in [0.25, 0.3) is 5.91 Å². The minimum Gasteiger partial charge on any atom is -0.395 e. The van der Waals surface area contributed by atoms with E-state index in [0.29, 0.717) is 17.7 Å². The highest BCUT2D eigenvalue weighted by molar-refractivity contribution is 6.40. The molecule has 26 heavy (non-hydrogen) atoms. The summed E-state index contributed by atoms with van der Waals surface area (Å²) < 4.78 is 0. The number of pyridine rings is 1. The van der Waals surface area contributed by atoms with Crippen LogP contribution in [0, 0.1) is 6.92 Å². The third kappa shape index (κ3) is 3.60. The topological polar surface area (TPSA) is 74.2 Å². The molecule has 0 saturated heterocycles. The molecule has 0 spiro atoms. The number of benzene rings is 2. The van der Waals surface area contributed by atoms with Crippen LogP contribution in [0.25, 0.3) is 10.9 Å². The number of aliphatic hydroxyl groups excluding tert-OH is 1. The van der Waals surface area contributed by atoms with E-state index in [1.807, 2.05) is 19.1 Å². The average Bonchev–Trinajstić information content (AvgIpc) is 2.61. The molecule has 7 heteroatoms. The average molecular weight is 390 g/mol. The molecule has 3 aromatic rings. The molecule has 2 aromatic carbocycles. The predicted octanol–water partition coefficient (Wildman–Crippen LogP) is 4.51. The van der Waals surface area contributed by atoms with Gasteiger partial charge in [-0.05, 0) is 30.7 Å². The first kappa shape index (κ1) is 18.5. The van der Waals surface area contributed by atoms with Gasteiger partial charge in [0.2, 0.25) is 0 Å². The fourth-order valence-corrected chi connectivity index (χ4v) is 3.31. The number of nitrogens with one attached hydrogen (secondary N) is 2. The van der Waals surface area contributed by atoms with E-state index in [-0.39, 0.29) is 22.2 Å². The maximum Gasteiger partial charge on any atom is 0.258 e. The Hall–Kier alpha value is -2.34. The molecule has 0 radical (unpaired) electrons. The standard InChI is InChI=1S/C19H17Cl2N3O2/c1-11-10-23-18-12(17(11)22-8-9-25)4-2-7-15(18)24-19(26)16-13(20)5-3-6-14(16)21/h2-7,10,25H,8-9H2,1H3,(H,22,23)(H,24,26). The van der Waals surface area contributed by atoms with Crippen LogP contribution in [0.15, 0.2) is 42.6 Å². The van der Waals surface area contributed by atoms with E-state index < -0.39 is 5.91 Å². The van der Waals surface area contributed by atoms with Gasteiger partial charge in [0.1, 0.15) is 0 Å². The molecule has 0 aliphatic rings. The highest BCUT2D eigenvalue weighted by atomic mass is 35.5. The number of fused-ring (bicyclic) bond motifs is 1. The Bertz CT molecular complexity index is 956. The van der Waals surface area contributed by atoms with E-state index in [0.717, 1.165) is 16.6 Å². The van der Waals surface area contributed by atoms with Crippen molar-refractivity contribution in [1.29, 1.82) is 0 Å². The number of halogens is 2. The van der Waals surface area contributed by atoms with Crippen molar-refractivity contribution in [3.8, 4) is 0 Å². The molecule has 134 valence electrons. The molecular formula is C19H17Cl2N3O2. The SMILES string of the molecule is Cc1cnc2c(NC(=O)c3c(Cl)cccc3Cl)cccc2c1NCCO. The van der Waals surface area contributed by atoms with E-state index in [2.05, 4.69) is 15.6 Å². The van der Waals surface area contributed by atoms with Gasteiger partial charge in [-0.2, -0.15) is 0 Å². The number of aromatic nitrogens is 1. The lowest BCUT2D eigenvalue weighted by Gasteiger charge is -2.14. The van der Waals surface area contributed by atoms with Crippen molar-refractivity contribution < 1.29 is 9.90 Å². The molecule has 0 fully saturated rings. The van der Waals surface area contributed by atoms with Crippen molar-refractivity contribution >= 4 is 51.4 Å². The molecule has 0 atom stereocenters. The zero-order chi connectivity index (χ0) is 18.7. The summed E-state index contributed by atoms with van der Waals surface area (Å²) in [4.78, 5) is 17.1. The second-order valence-electron chi connectivity index (χ2n) is 5.72. The zero-order valence-corrected chi connectivity index (χ0v) is 15.5. The van der Waals surface area contributed by atoms with Crippen LogP contribution in [0.1, 0.15) is 15.9 Å². The second-order valence-corrected chi connectivity index (χ2v) is 6.53. The van der Waals surface area contributed by atoms with Gasteiger partial charge < -0.3 is 15.7 Å². The number of carbonyl (C=O) groups excluding carboxylic acids is 1. The highest BCUT2D eigenvalue weighted by Gasteiger charge is 2.17. The Morgan fingerprint density at radius 2 is 1.85 bits per heavy atom. The Kier molecular flexibility index (Phi) is 5.61. The first-order valence-electron chi connectivity index (χ1n) is 8.01. The van der Waals surface area contributed by atoms with Crippen LogP contribution < -0.4 is 10.6 Å². The summed E-state index contributed by atoms with van der Waals surface area (Å²) in [5, 5.41) is 16.5. The molecule has 0 unspecified atom stereocenters. The fraction of sp³-hybridized carbons (Fsp3) is 0.158. The summed E-state index contributed by atoms with van der Waals surface area (Å²) in [5.74, 6) is -0.402. The minimum absolute atomic E-state index is 0.0185. The zero-order valence-electron chi connectivity index (χ0n) is 14.0. The van der Waals surface area contributed by atoms with Crippen molar-refractivity contribution in [2.45, 2.75) is 6.92 Å². The van der Waals surface area contributed by atoms with Crippen molar-refractivity contribution in [1.82, 2.24) is 4.98 Å². The molecule has 0 aliphatic carbocycles. The number of hydrogen-bond donors (Lipinski definition) is 3.